The maximum Gasteiger partial charge on any atom is 0.303 e. The minimum atomic E-state index is -0.353. The van der Waals surface area contributed by atoms with E-state index in [1.165, 1.54) is 13.8 Å². The molecular weight excluding hydrogens is 172 g/mol. The Morgan fingerprint density at radius 2 is 1.85 bits per heavy atom. The van der Waals surface area contributed by atoms with Crippen molar-refractivity contribution < 1.29 is 19.1 Å². The molecule has 0 spiro atoms. The fraction of sp³-hybridized carbons (Fsp3) is 0.778. The highest BCUT2D eigenvalue weighted by molar-refractivity contribution is 5.67. The van der Waals surface area contributed by atoms with Gasteiger partial charge in [0.25, 0.3) is 0 Å². The molecule has 13 heavy (non-hydrogen) atoms. The molecule has 1 unspecified atom stereocenters. The van der Waals surface area contributed by atoms with E-state index in [9.17, 15) is 9.59 Å². The van der Waals surface area contributed by atoms with Gasteiger partial charge >= 0.3 is 11.9 Å². The van der Waals surface area contributed by atoms with Gasteiger partial charge in [-0.25, -0.2) is 0 Å². The number of carbonyl (C=O) groups excluding carboxylic acids is 2. The van der Waals surface area contributed by atoms with Crippen molar-refractivity contribution in [3.05, 3.63) is 0 Å². The first-order chi connectivity index (χ1) is 6.06. The normalized spacial score (nSPS) is 11.9. The van der Waals surface area contributed by atoms with E-state index in [1.54, 1.807) is 0 Å². The lowest BCUT2D eigenvalue weighted by atomic mass is 10.2. The summed E-state index contributed by atoms with van der Waals surface area (Å²) >= 11 is 0. The molecule has 0 fully saturated rings. The molecule has 0 amide bonds. The van der Waals surface area contributed by atoms with Crippen LogP contribution in [0.3, 0.4) is 0 Å². The quantitative estimate of drug-likeness (QED) is 0.610. The molecule has 0 bridgehead atoms. The molecule has 1 atom stereocenters. The van der Waals surface area contributed by atoms with Gasteiger partial charge in [-0.15, -0.1) is 0 Å². The Bertz CT molecular complexity index is 176. The highest BCUT2D eigenvalue weighted by Gasteiger charge is 2.12. The van der Waals surface area contributed by atoms with E-state index in [0.717, 1.165) is 6.42 Å². The number of hydrogen-bond donors (Lipinski definition) is 0. The lowest BCUT2D eigenvalue weighted by Crippen LogP contribution is -2.23. The number of carbonyl (C=O) groups is 2. The Morgan fingerprint density at radius 1 is 1.23 bits per heavy atom. The van der Waals surface area contributed by atoms with Gasteiger partial charge in [-0.2, -0.15) is 0 Å². The van der Waals surface area contributed by atoms with Crippen molar-refractivity contribution in [3.8, 4) is 0 Å². The zero-order valence-corrected chi connectivity index (χ0v) is 8.33. The average Bonchev–Trinajstić information content (AvgIpc) is 1.99. The Morgan fingerprint density at radius 3 is 2.23 bits per heavy atom. The smallest absolute Gasteiger partial charge is 0.303 e. The zero-order chi connectivity index (χ0) is 10.3. The minimum Gasteiger partial charge on any atom is -0.462 e. The van der Waals surface area contributed by atoms with Gasteiger partial charge in [-0.1, -0.05) is 13.3 Å². The van der Waals surface area contributed by atoms with E-state index in [0.29, 0.717) is 6.42 Å². The maximum atomic E-state index is 10.6. The average molecular weight is 188 g/mol. The molecule has 0 saturated heterocycles. The molecule has 0 radical (unpaired) electrons. The topological polar surface area (TPSA) is 52.6 Å². The number of ether oxygens (including phenoxy) is 2. The summed E-state index contributed by atoms with van der Waals surface area (Å²) in [5.74, 6) is -0.696. The van der Waals surface area contributed by atoms with E-state index in [4.69, 9.17) is 9.47 Å². The maximum absolute atomic E-state index is 10.6. The first-order valence-corrected chi connectivity index (χ1v) is 4.36. The third-order valence-electron chi connectivity index (χ3n) is 1.42. The van der Waals surface area contributed by atoms with Gasteiger partial charge in [0.1, 0.15) is 12.7 Å². The van der Waals surface area contributed by atoms with Crippen LogP contribution in [0.4, 0.5) is 0 Å². The summed E-state index contributed by atoms with van der Waals surface area (Å²) in [5.41, 5.74) is 0. The Kier molecular flexibility index (Phi) is 5.93. The van der Waals surface area contributed by atoms with Crippen LogP contribution in [0.25, 0.3) is 0 Å². The molecule has 0 aliphatic rings. The summed E-state index contributed by atoms with van der Waals surface area (Å²) in [5, 5.41) is 0. The van der Waals surface area contributed by atoms with Crippen molar-refractivity contribution in [2.45, 2.75) is 39.7 Å². The SMILES string of the molecule is CCCC(COC(C)=O)OC(C)=O. The highest BCUT2D eigenvalue weighted by Crippen LogP contribution is 2.03. The van der Waals surface area contributed by atoms with Gasteiger partial charge in [-0.3, -0.25) is 9.59 Å². The Labute approximate surface area is 78.2 Å². The van der Waals surface area contributed by atoms with Crippen LogP contribution in [0, 0.1) is 0 Å². The second-order valence-corrected chi connectivity index (χ2v) is 2.82. The van der Waals surface area contributed by atoms with Crippen LogP contribution in [-0.4, -0.2) is 24.6 Å². The van der Waals surface area contributed by atoms with Crippen LogP contribution >= 0.6 is 0 Å². The van der Waals surface area contributed by atoms with Gasteiger partial charge < -0.3 is 9.47 Å². The number of esters is 2. The molecule has 0 aliphatic carbocycles. The van der Waals surface area contributed by atoms with E-state index in [1.807, 2.05) is 6.92 Å². The lowest BCUT2D eigenvalue weighted by Gasteiger charge is -2.15. The molecule has 0 saturated carbocycles. The van der Waals surface area contributed by atoms with Gasteiger partial charge in [-0.05, 0) is 6.42 Å². The predicted molar refractivity (Wildman–Crippen MR) is 47.1 cm³/mol. The molecule has 76 valence electrons. The molecule has 0 aromatic heterocycles. The second kappa shape index (κ2) is 6.46. The van der Waals surface area contributed by atoms with Gasteiger partial charge in [0.15, 0.2) is 0 Å². The van der Waals surface area contributed by atoms with Crippen molar-refractivity contribution in [2.24, 2.45) is 0 Å². The van der Waals surface area contributed by atoms with Crippen LogP contribution in [0.5, 0.6) is 0 Å². The van der Waals surface area contributed by atoms with E-state index < -0.39 is 0 Å². The highest BCUT2D eigenvalue weighted by atomic mass is 16.6. The third kappa shape index (κ3) is 7.31. The summed E-state index contributed by atoms with van der Waals surface area (Å²) < 4.78 is 9.67. The van der Waals surface area contributed by atoms with Gasteiger partial charge in [0.2, 0.25) is 0 Å². The standard InChI is InChI=1S/C9H16O4/c1-4-5-9(13-8(3)11)6-12-7(2)10/h9H,4-6H2,1-3H3. The second-order valence-electron chi connectivity index (χ2n) is 2.82. The molecule has 0 aromatic rings. The van der Waals surface area contributed by atoms with Crippen molar-refractivity contribution in [1.29, 1.82) is 0 Å². The van der Waals surface area contributed by atoms with Crippen molar-refractivity contribution in [1.82, 2.24) is 0 Å². The molecule has 0 rings (SSSR count). The summed E-state index contributed by atoms with van der Waals surface area (Å²) in [6.45, 7) is 4.81. The summed E-state index contributed by atoms with van der Waals surface area (Å²) in [7, 11) is 0. The van der Waals surface area contributed by atoms with Crippen LogP contribution in [0.1, 0.15) is 33.6 Å². The van der Waals surface area contributed by atoms with E-state index in [2.05, 4.69) is 0 Å². The van der Waals surface area contributed by atoms with Crippen molar-refractivity contribution in [3.63, 3.8) is 0 Å². The van der Waals surface area contributed by atoms with Crippen molar-refractivity contribution >= 4 is 11.9 Å². The first kappa shape index (κ1) is 11.9. The van der Waals surface area contributed by atoms with E-state index >= 15 is 0 Å². The number of rotatable bonds is 5. The minimum absolute atomic E-state index is 0.156. The lowest BCUT2D eigenvalue weighted by molar-refractivity contribution is -0.156. The number of hydrogen-bond acceptors (Lipinski definition) is 4. The summed E-state index contributed by atoms with van der Waals surface area (Å²) in [6, 6.07) is 0. The van der Waals surface area contributed by atoms with Crippen LogP contribution in [0.2, 0.25) is 0 Å². The monoisotopic (exact) mass is 188 g/mol. The van der Waals surface area contributed by atoms with Crippen LogP contribution in [0.15, 0.2) is 0 Å². The predicted octanol–water partition coefficient (Wildman–Crippen LogP) is 1.28. The molecule has 0 N–H and O–H groups in total. The fourth-order valence-corrected chi connectivity index (χ4v) is 0.943. The fourth-order valence-electron chi connectivity index (χ4n) is 0.943. The molecule has 4 heteroatoms. The third-order valence-corrected chi connectivity index (χ3v) is 1.42. The molecule has 0 aliphatic heterocycles. The molecule has 0 heterocycles. The molecule has 0 aromatic carbocycles. The first-order valence-electron chi connectivity index (χ1n) is 4.36. The molecule has 4 nitrogen and oxygen atoms in total. The van der Waals surface area contributed by atoms with Crippen molar-refractivity contribution in [2.75, 3.05) is 6.61 Å². The summed E-state index contributed by atoms with van der Waals surface area (Å²) in [4.78, 5) is 21.1. The zero-order valence-electron chi connectivity index (χ0n) is 8.33. The van der Waals surface area contributed by atoms with Crippen LogP contribution < -0.4 is 0 Å². The van der Waals surface area contributed by atoms with Gasteiger partial charge in [0.05, 0.1) is 0 Å². The van der Waals surface area contributed by atoms with E-state index in [-0.39, 0.29) is 24.6 Å². The van der Waals surface area contributed by atoms with Gasteiger partial charge in [0, 0.05) is 13.8 Å². The summed E-state index contributed by atoms with van der Waals surface area (Å²) in [6.07, 6.45) is 1.30. The Balaban J connectivity index is 3.79. The molecular formula is C9H16O4. The Hall–Kier alpha value is -1.06. The largest absolute Gasteiger partial charge is 0.462 e. The van der Waals surface area contributed by atoms with Crippen LogP contribution in [-0.2, 0) is 19.1 Å².